The number of nitrogens with one attached hydrogen (secondary N) is 1. The number of sulfonamides is 1. The molecule has 1 fully saturated rings. The second-order valence-corrected chi connectivity index (χ2v) is 10.5. The number of hydrogen-bond acceptors (Lipinski definition) is 5. The van der Waals surface area contributed by atoms with E-state index in [0.717, 1.165) is 16.0 Å². The Morgan fingerprint density at radius 2 is 1.84 bits per heavy atom. The first-order valence-corrected chi connectivity index (χ1v) is 12.0. The predicted octanol–water partition coefficient (Wildman–Crippen LogP) is 2.68. The molecule has 3 N–H and O–H groups in total. The van der Waals surface area contributed by atoms with Crippen LogP contribution in [0.15, 0.2) is 24.3 Å². The van der Waals surface area contributed by atoms with Crippen LogP contribution in [0.25, 0.3) is 5.57 Å². The third kappa shape index (κ3) is 5.15. The highest BCUT2D eigenvalue weighted by Crippen LogP contribution is 2.36. The molecule has 2 amide bonds. The number of carbonyl (C=O) groups is 2. The van der Waals surface area contributed by atoms with E-state index in [1.165, 1.54) is 4.31 Å². The number of hydroxylamine groups is 1. The van der Waals surface area contributed by atoms with E-state index in [1.54, 1.807) is 29.8 Å². The van der Waals surface area contributed by atoms with Crippen LogP contribution in [0.1, 0.15) is 24.8 Å². The smallest absolute Gasteiger partial charge is 0.407 e. The fourth-order valence-electron chi connectivity index (χ4n) is 4.02. The molecule has 31 heavy (non-hydrogen) atoms. The number of piperidine rings is 1. The Balaban J connectivity index is 1.76. The largest absolute Gasteiger partial charge is 0.465 e. The van der Waals surface area contributed by atoms with Crippen LogP contribution in [0.5, 0.6) is 0 Å². The van der Waals surface area contributed by atoms with Gasteiger partial charge in [0.05, 0.1) is 11.2 Å². The molecule has 2 heterocycles. The van der Waals surface area contributed by atoms with E-state index in [-0.39, 0.29) is 39.0 Å². The standard InChI is InChI=1S/C19H23Cl2N3O6S/c20-14-1-2-15(16(21)11-14)13-3-7-24(8-4-13)31(29,30)12-19(17(25)22-28)5-9-23(10-6-19)18(26)27/h1-3,11,28H,4-10,12H2,(H,22,25)(H,26,27). The first-order valence-electron chi connectivity index (χ1n) is 9.63. The van der Waals surface area contributed by atoms with Crippen molar-refractivity contribution in [2.45, 2.75) is 19.3 Å². The molecule has 1 saturated heterocycles. The molecular weight excluding hydrogens is 469 g/mol. The average Bonchev–Trinajstić information content (AvgIpc) is 2.73. The first kappa shape index (κ1) is 23.8. The van der Waals surface area contributed by atoms with Gasteiger partial charge in [-0.15, -0.1) is 0 Å². The molecule has 0 bridgehead atoms. The Morgan fingerprint density at radius 3 is 2.35 bits per heavy atom. The van der Waals surface area contributed by atoms with E-state index < -0.39 is 33.2 Å². The number of amides is 2. The van der Waals surface area contributed by atoms with Gasteiger partial charge in [0, 0.05) is 36.2 Å². The molecule has 1 aromatic carbocycles. The van der Waals surface area contributed by atoms with Crippen LogP contribution in [-0.4, -0.2) is 71.9 Å². The number of nitrogens with zero attached hydrogens (tertiary/aromatic N) is 2. The summed E-state index contributed by atoms with van der Waals surface area (Å²) in [6.45, 7) is 0.356. The Kier molecular flexibility index (Phi) is 7.17. The quantitative estimate of drug-likeness (QED) is 0.429. The maximum Gasteiger partial charge on any atom is 0.407 e. The van der Waals surface area contributed by atoms with Crippen molar-refractivity contribution in [1.82, 2.24) is 14.7 Å². The van der Waals surface area contributed by atoms with Crippen molar-refractivity contribution in [2.75, 3.05) is 31.9 Å². The summed E-state index contributed by atoms with van der Waals surface area (Å²) in [5.74, 6) is -1.33. The van der Waals surface area contributed by atoms with E-state index in [4.69, 9.17) is 28.3 Å². The van der Waals surface area contributed by atoms with Crippen molar-refractivity contribution in [3.63, 3.8) is 0 Å². The maximum atomic E-state index is 13.1. The number of benzene rings is 1. The number of likely N-dealkylation sites (tertiary alicyclic amines) is 1. The van der Waals surface area contributed by atoms with Gasteiger partial charge in [0.15, 0.2) is 0 Å². The number of carbonyl (C=O) groups excluding carboxylic acids is 1. The zero-order valence-corrected chi connectivity index (χ0v) is 18.9. The number of halogens is 2. The normalized spacial score (nSPS) is 19.6. The topological polar surface area (TPSA) is 127 Å². The van der Waals surface area contributed by atoms with Crippen LogP contribution in [-0.2, 0) is 14.8 Å². The Morgan fingerprint density at radius 1 is 1.16 bits per heavy atom. The molecule has 0 aromatic heterocycles. The minimum Gasteiger partial charge on any atom is -0.465 e. The second kappa shape index (κ2) is 9.33. The number of carboxylic acid groups (broad SMARTS) is 1. The summed E-state index contributed by atoms with van der Waals surface area (Å²) in [5.41, 5.74) is 1.86. The Hall–Kier alpha value is -1.85. The van der Waals surface area contributed by atoms with Gasteiger partial charge in [-0.3, -0.25) is 10.0 Å². The Bertz CT molecular complexity index is 1010. The van der Waals surface area contributed by atoms with Gasteiger partial charge in [-0.2, -0.15) is 4.31 Å². The van der Waals surface area contributed by atoms with Gasteiger partial charge in [0.1, 0.15) is 0 Å². The average molecular weight is 492 g/mol. The summed E-state index contributed by atoms with van der Waals surface area (Å²) in [6.07, 6.45) is 1.09. The number of rotatable bonds is 5. The van der Waals surface area contributed by atoms with Crippen molar-refractivity contribution in [1.29, 1.82) is 0 Å². The summed E-state index contributed by atoms with van der Waals surface area (Å²) in [5, 5.41) is 19.3. The lowest BCUT2D eigenvalue weighted by Crippen LogP contribution is -2.54. The zero-order valence-electron chi connectivity index (χ0n) is 16.6. The molecule has 9 nitrogen and oxygen atoms in total. The summed E-state index contributed by atoms with van der Waals surface area (Å²) in [6, 6.07) is 5.13. The molecule has 2 aliphatic heterocycles. The monoisotopic (exact) mass is 491 g/mol. The van der Waals surface area contributed by atoms with E-state index in [1.807, 2.05) is 0 Å². The fourth-order valence-corrected chi connectivity index (χ4v) is 6.52. The lowest BCUT2D eigenvalue weighted by molar-refractivity contribution is -0.141. The van der Waals surface area contributed by atoms with E-state index >= 15 is 0 Å². The van der Waals surface area contributed by atoms with Gasteiger partial charge in [0.25, 0.3) is 5.91 Å². The predicted molar refractivity (Wildman–Crippen MR) is 116 cm³/mol. The number of hydrogen-bond donors (Lipinski definition) is 3. The molecule has 0 saturated carbocycles. The third-order valence-corrected chi connectivity index (χ3v) is 8.46. The van der Waals surface area contributed by atoms with Gasteiger partial charge >= 0.3 is 6.09 Å². The van der Waals surface area contributed by atoms with Crippen LogP contribution in [0.2, 0.25) is 10.0 Å². The first-order chi connectivity index (χ1) is 14.6. The minimum atomic E-state index is -3.86. The van der Waals surface area contributed by atoms with Crippen molar-refractivity contribution in [3.8, 4) is 0 Å². The molecule has 2 aliphatic rings. The van der Waals surface area contributed by atoms with Crippen LogP contribution in [0.3, 0.4) is 0 Å². The van der Waals surface area contributed by atoms with Crippen molar-refractivity contribution < 1.29 is 28.3 Å². The van der Waals surface area contributed by atoms with E-state index in [0.29, 0.717) is 16.5 Å². The highest BCUT2D eigenvalue weighted by Gasteiger charge is 2.47. The SMILES string of the molecule is O=C(O)N1CCC(CS(=O)(=O)N2CC=C(c3ccc(Cl)cc3Cl)CC2)(C(=O)NO)CC1. The highest BCUT2D eigenvalue weighted by atomic mass is 35.5. The molecule has 0 aliphatic carbocycles. The van der Waals surface area contributed by atoms with E-state index in [2.05, 4.69) is 0 Å². The molecule has 0 spiro atoms. The third-order valence-electron chi connectivity index (χ3n) is 5.88. The molecule has 1 aromatic rings. The van der Waals surface area contributed by atoms with E-state index in [9.17, 15) is 23.2 Å². The summed E-state index contributed by atoms with van der Waals surface area (Å²) in [4.78, 5) is 24.7. The van der Waals surface area contributed by atoms with Crippen molar-refractivity contribution in [3.05, 3.63) is 39.9 Å². The lowest BCUT2D eigenvalue weighted by Gasteiger charge is -2.40. The fraction of sp³-hybridized carbons (Fsp3) is 0.474. The molecule has 12 heteroatoms. The zero-order chi connectivity index (χ0) is 22.8. The maximum absolute atomic E-state index is 13.1. The van der Waals surface area contributed by atoms with Crippen molar-refractivity contribution in [2.24, 2.45) is 5.41 Å². The summed E-state index contributed by atoms with van der Waals surface area (Å²) >= 11 is 12.2. The highest BCUT2D eigenvalue weighted by molar-refractivity contribution is 7.89. The van der Waals surface area contributed by atoms with Gasteiger partial charge in [-0.25, -0.2) is 18.7 Å². The lowest BCUT2D eigenvalue weighted by atomic mass is 9.79. The van der Waals surface area contributed by atoms with Crippen LogP contribution in [0.4, 0.5) is 4.79 Å². The Labute approximate surface area is 190 Å². The van der Waals surface area contributed by atoms with Crippen LogP contribution in [0, 0.1) is 5.41 Å². The van der Waals surface area contributed by atoms with Gasteiger partial charge in [-0.05, 0) is 42.5 Å². The van der Waals surface area contributed by atoms with Gasteiger partial charge < -0.3 is 10.0 Å². The molecule has 170 valence electrons. The molecule has 0 radical (unpaired) electrons. The summed E-state index contributed by atoms with van der Waals surface area (Å²) in [7, 11) is -3.86. The second-order valence-electron chi connectivity index (χ2n) is 7.71. The van der Waals surface area contributed by atoms with Crippen molar-refractivity contribution >= 4 is 50.8 Å². The molecule has 3 rings (SSSR count). The molecule has 0 unspecified atom stereocenters. The van der Waals surface area contributed by atoms with Crippen LogP contribution < -0.4 is 5.48 Å². The van der Waals surface area contributed by atoms with Gasteiger partial charge in [0.2, 0.25) is 10.0 Å². The molecular formula is C19H23Cl2N3O6S. The van der Waals surface area contributed by atoms with Gasteiger partial charge in [-0.1, -0.05) is 35.3 Å². The molecule has 0 atom stereocenters. The minimum absolute atomic E-state index is 0.000233. The van der Waals surface area contributed by atoms with Crippen LogP contribution >= 0.6 is 23.2 Å². The summed E-state index contributed by atoms with van der Waals surface area (Å²) < 4.78 is 27.5.